The van der Waals surface area contributed by atoms with Crippen molar-refractivity contribution in [1.29, 1.82) is 0 Å². The fourth-order valence-electron chi connectivity index (χ4n) is 6.64. The molecule has 0 N–H and O–H groups in total. The van der Waals surface area contributed by atoms with Crippen LogP contribution < -0.4 is 24.8 Å². The van der Waals surface area contributed by atoms with Crippen molar-refractivity contribution in [3.8, 4) is 11.1 Å². The van der Waals surface area contributed by atoms with Crippen molar-refractivity contribution in [1.82, 2.24) is 0 Å². The standard InChI is InChI=1S/C30H37.C13H10.2ClH.Zr/c1-9-19-16-23(29(3,4)5)17-21-15-22-18-25(30(6,7)8)27(20-13-11-12-14-20)24(10-2)28(22)26(19)21;1-3-7-12(8-4-1)11-13-9-5-2-6-10-13;;;/h11-14,16-17,20H,9-10,15H2,1-8H3;1-10H;2*1H;/q-1;;;;+2/p-2. The third kappa shape index (κ3) is 8.04. The van der Waals surface area contributed by atoms with Crippen LogP contribution in [-0.4, -0.2) is 3.21 Å². The van der Waals surface area contributed by atoms with E-state index in [2.05, 4.69) is 159 Å². The van der Waals surface area contributed by atoms with Gasteiger partial charge in [-0.05, 0) is 40.7 Å². The van der Waals surface area contributed by atoms with Crippen LogP contribution in [0, 0.1) is 6.07 Å². The van der Waals surface area contributed by atoms with Gasteiger partial charge in [-0.2, -0.15) is 11.6 Å². The summed E-state index contributed by atoms with van der Waals surface area (Å²) >= 11 is 1.46. The molecule has 0 fully saturated rings. The summed E-state index contributed by atoms with van der Waals surface area (Å²) in [6.07, 6.45) is 12.3. The van der Waals surface area contributed by atoms with E-state index in [0.717, 1.165) is 19.3 Å². The Hall–Kier alpha value is -2.31. The van der Waals surface area contributed by atoms with E-state index in [1.54, 1.807) is 5.56 Å². The van der Waals surface area contributed by atoms with E-state index in [-0.39, 0.29) is 35.6 Å². The molecule has 46 heavy (non-hydrogen) atoms. The summed E-state index contributed by atoms with van der Waals surface area (Å²) < 4.78 is 1.42. The molecule has 0 nitrogen and oxygen atoms in total. The first-order chi connectivity index (χ1) is 20.9. The summed E-state index contributed by atoms with van der Waals surface area (Å²) in [5.74, 6) is 0.374. The van der Waals surface area contributed by atoms with E-state index in [0.29, 0.717) is 5.92 Å². The monoisotopic (exact) mass is 723 g/mol. The van der Waals surface area contributed by atoms with Crippen LogP contribution in [-0.2, 0) is 54.3 Å². The van der Waals surface area contributed by atoms with Crippen LogP contribution in [0.3, 0.4) is 0 Å². The molecule has 0 heterocycles. The maximum absolute atomic E-state index is 3.97. The van der Waals surface area contributed by atoms with Crippen LogP contribution >= 0.6 is 0 Å². The van der Waals surface area contributed by atoms with Crippen LogP contribution in [0.25, 0.3) is 11.1 Å². The average Bonchev–Trinajstić information content (AvgIpc) is 3.68. The van der Waals surface area contributed by atoms with E-state index in [9.17, 15) is 0 Å². The Morgan fingerprint density at radius 3 is 1.74 bits per heavy atom. The van der Waals surface area contributed by atoms with Gasteiger partial charge in [0, 0.05) is 0 Å². The van der Waals surface area contributed by atoms with Crippen molar-refractivity contribution in [3.63, 3.8) is 0 Å². The molecule has 0 radical (unpaired) electrons. The van der Waals surface area contributed by atoms with Gasteiger partial charge < -0.3 is 24.8 Å². The molecule has 0 unspecified atom stereocenters. The van der Waals surface area contributed by atoms with Gasteiger partial charge in [-0.15, -0.1) is 22.3 Å². The van der Waals surface area contributed by atoms with Gasteiger partial charge in [-0.1, -0.05) is 109 Å². The summed E-state index contributed by atoms with van der Waals surface area (Å²) in [5, 5.41) is 0. The summed E-state index contributed by atoms with van der Waals surface area (Å²) in [7, 11) is 0. The predicted octanol–water partition coefficient (Wildman–Crippen LogP) is 4.80. The van der Waals surface area contributed by atoms with Crippen LogP contribution in [0.15, 0.2) is 97.1 Å². The summed E-state index contributed by atoms with van der Waals surface area (Å²) in [4.78, 5) is 0. The van der Waals surface area contributed by atoms with Gasteiger partial charge in [0.25, 0.3) is 0 Å². The summed E-state index contributed by atoms with van der Waals surface area (Å²) in [6.45, 7) is 18.6. The number of allylic oxidation sites excluding steroid dienone is 4. The minimum absolute atomic E-state index is 0. The molecule has 4 aromatic carbocycles. The Labute approximate surface area is 306 Å². The molecule has 0 saturated carbocycles. The van der Waals surface area contributed by atoms with Gasteiger partial charge in [0.15, 0.2) is 0 Å². The normalized spacial score (nSPS) is 13.3. The third-order valence-electron chi connectivity index (χ3n) is 8.95. The molecule has 2 aliphatic carbocycles. The molecule has 0 aromatic heterocycles. The molecule has 2 aliphatic rings. The molecule has 0 spiro atoms. The number of halogens is 2. The third-order valence-corrected chi connectivity index (χ3v) is 10.4. The fraction of sp³-hybridized carbons (Fsp3) is 0.326. The van der Waals surface area contributed by atoms with E-state index in [1.807, 2.05) is 0 Å². The Bertz CT molecular complexity index is 1660. The summed E-state index contributed by atoms with van der Waals surface area (Å²) in [6, 6.07) is 30.0. The van der Waals surface area contributed by atoms with Crippen molar-refractivity contribution in [2.45, 2.75) is 91.4 Å². The van der Waals surface area contributed by atoms with Gasteiger partial charge in [-0.3, -0.25) is 0 Å². The van der Waals surface area contributed by atoms with E-state index >= 15 is 0 Å². The topological polar surface area (TPSA) is 0 Å². The molecule has 6 rings (SSSR count). The second-order valence-electron chi connectivity index (χ2n) is 14.2. The number of aryl methyl sites for hydroxylation is 1. The zero-order valence-electron chi connectivity index (χ0n) is 28.7. The van der Waals surface area contributed by atoms with Crippen LogP contribution in [0.4, 0.5) is 0 Å². The minimum atomic E-state index is 0. The average molecular weight is 726 g/mol. The zero-order valence-corrected chi connectivity index (χ0v) is 32.7. The molecule has 0 bridgehead atoms. The quantitative estimate of drug-likeness (QED) is 0.229. The molecular weight excluding hydrogens is 679 g/mol. The number of fused-ring (bicyclic) bond motifs is 3. The SMILES string of the molecule is CCc1cc(C(C)(C)C)cc2c1-c1c([c-]c(C(C)(C)C)c(C3C=CC=C3)c1CC)C2.[Cl-].[Cl-].[Zr+2]=[C](c1ccccc1)c1ccccc1. The molecule has 0 atom stereocenters. The van der Waals surface area contributed by atoms with Crippen molar-refractivity contribution in [2.24, 2.45) is 0 Å². The number of rotatable bonds is 5. The van der Waals surface area contributed by atoms with Gasteiger partial charge in [0.05, 0.1) is 0 Å². The van der Waals surface area contributed by atoms with E-state index in [4.69, 9.17) is 0 Å². The Morgan fingerprint density at radius 1 is 0.739 bits per heavy atom. The van der Waals surface area contributed by atoms with Gasteiger partial charge in [0.2, 0.25) is 0 Å². The first kappa shape index (κ1) is 38.1. The van der Waals surface area contributed by atoms with Crippen molar-refractivity contribution in [3.05, 3.63) is 153 Å². The van der Waals surface area contributed by atoms with Crippen molar-refractivity contribution < 1.29 is 49.0 Å². The van der Waals surface area contributed by atoms with Crippen molar-refractivity contribution in [2.75, 3.05) is 0 Å². The van der Waals surface area contributed by atoms with E-state index in [1.165, 1.54) is 83.1 Å². The molecular formula is C43H47Cl2Zr-. The Balaban J connectivity index is 0.000000304. The molecule has 0 aliphatic heterocycles. The molecule has 238 valence electrons. The molecule has 0 saturated heterocycles. The number of benzene rings is 4. The zero-order chi connectivity index (χ0) is 31.6. The molecule has 4 aromatic rings. The first-order valence-electron chi connectivity index (χ1n) is 16.3. The predicted molar refractivity (Wildman–Crippen MR) is 187 cm³/mol. The first-order valence-corrected chi connectivity index (χ1v) is 17.5. The Kier molecular flexibility index (Phi) is 13.0. The van der Waals surface area contributed by atoms with Gasteiger partial charge in [0.1, 0.15) is 0 Å². The Morgan fingerprint density at radius 2 is 1.28 bits per heavy atom. The van der Waals surface area contributed by atoms with E-state index < -0.39 is 0 Å². The van der Waals surface area contributed by atoms with Gasteiger partial charge >= 0.3 is 99.2 Å². The number of hydrogen-bond acceptors (Lipinski definition) is 0. The van der Waals surface area contributed by atoms with Crippen LogP contribution in [0.5, 0.6) is 0 Å². The second-order valence-corrected chi connectivity index (χ2v) is 15.4. The summed E-state index contributed by atoms with van der Waals surface area (Å²) in [5.41, 5.74) is 16.3. The maximum atomic E-state index is 3.97. The fourth-order valence-corrected chi connectivity index (χ4v) is 7.46. The van der Waals surface area contributed by atoms with Crippen LogP contribution in [0.1, 0.15) is 111 Å². The second kappa shape index (κ2) is 15.7. The molecule has 0 amide bonds. The van der Waals surface area contributed by atoms with Crippen molar-refractivity contribution >= 4 is 3.21 Å². The van der Waals surface area contributed by atoms with Crippen LogP contribution in [0.2, 0.25) is 0 Å². The number of hydrogen-bond donors (Lipinski definition) is 0. The molecule has 3 heteroatoms. The van der Waals surface area contributed by atoms with Gasteiger partial charge in [-0.25, -0.2) is 0 Å².